The third-order valence-electron chi connectivity index (χ3n) is 3.69. The summed E-state index contributed by atoms with van der Waals surface area (Å²) in [5.74, 6) is 0.417. The summed E-state index contributed by atoms with van der Waals surface area (Å²) in [7, 11) is 0. The predicted octanol–water partition coefficient (Wildman–Crippen LogP) is 2.80. The minimum atomic E-state index is -0.328. The summed E-state index contributed by atoms with van der Waals surface area (Å²) < 4.78 is 19.7. The highest BCUT2D eigenvalue weighted by atomic mass is 32.1. The van der Waals surface area contributed by atoms with Crippen LogP contribution in [0.1, 0.15) is 11.1 Å². The highest BCUT2D eigenvalue weighted by Gasteiger charge is 2.26. The van der Waals surface area contributed by atoms with Crippen LogP contribution in [0.2, 0.25) is 0 Å². The summed E-state index contributed by atoms with van der Waals surface area (Å²) in [6.07, 6.45) is 3.11. The standard InChI is InChI=1S/C15H13FN4OS/c16-11-3-1-2-10-13(11)18-9-19-14(10)20-5-6-21-12(8-20)15-17-4-7-22-15/h1-4,7,9,12H,5-6,8H2. The molecule has 1 atom stereocenters. The number of aromatic nitrogens is 3. The van der Waals surface area contributed by atoms with Crippen molar-refractivity contribution in [3.8, 4) is 0 Å². The third-order valence-corrected chi connectivity index (χ3v) is 4.55. The summed E-state index contributed by atoms with van der Waals surface area (Å²) in [6, 6.07) is 4.95. The Hall–Kier alpha value is -2.12. The number of ether oxygens (including phenoxy) is 1. The second-order valence-corrected chi connectivity index (χ2v) is 5.94. The number of anilines is 1. The molecule has 1 saturated heterocycles. The summed E-state index contributed by atoms with van der Waals surface area (Å²) in [5.41, 5.74) is 0.352. The maximum atomic E-state index is 13.9. The van der Waals surface area contributed by atoms with Crippen LogP contribution in [0.15, 0.2) is 36.1 Å². The fraction of sp³-hybridized carbons (Fsp3) is 0.267. The van der Waals surface area contributed by atoms with Gasteiger partial charge in [0.1, 0.15) is 34.6 Å². The van der Waals surface area contributed by atoms with Crippen molar-refractivity contribution in [2.75, 3.05) is 24.6 Å². The number of rotatable bonds is 2. The molecule has 1 fully saturated rings. The Balaban J connectivity index is 1.71. The summed E-state index contributed by atoms with van der Waals surface area (Å²) in [6.45, 7) is 1.95. The van der Waals surface area contributed by atoms with Gasteiger partial charge in [0.2, 0.25) is 0 Å². The van der Waals surface area contributed by atoms with Gasteiger partial charge in [0.05, 0.1) is 13.2 Å². The van der Waals surface area contributed by atoms with Gasteiger partial charge in [-0.2, -0.15) is 0 Å². The number of para-hydroxylation sites is 1. The number of benzene rings is 1. The largest absolute Gasteiger partial charge is 0.367 e. The van der Waals surface area contributed by atoms with Crippen molar-refractivity contribution in [3.63, 3.8) is 0 Å². The lowest BCUT2D eigenvalue weighted by Gasteiger charge is -2.33. The van der Waals surface area contributed by atoms with E-state index in [0.29, 0.717) is 25.2 Å². The van der Waals surface area contributed by atoms with Crippen molar-refractivity contribution in [2.24, 2.45) is 0 Å². The SMILES string of the molecule is Fc1cccc2c(N3CCOC(c4nccs4)C3)ncnc12. The lowest BCUT2D eigenvalue weighted by molar-refractivity contribution is 0.0394. The second-order valence-electron chi connectivity index (χ2n) is 5.01. The van der Waals surface area contributed by atoms with Gasteiger partial charge in [-0.05, 0) is 12.1 Å². The van der Waals surface area contributed by atoms with Crippen molar-refractivity contribution in [2.45, 2.75) is 6.10 Å². The topological polar surface area (TPSA) is 51.1 Å². The fourth-order valence-electron chi connectivity index (χ4n) is 2.67. The first-order chi connectivity index (χ1) is 10.8. The van der Waals surface area contributed by atoms with Crippen LogP contribution in [0.25, 0.3) is 10.9 Å². The Labute approximate surface area is 130 Å². The maximum Gasteiger partial charge on any atom is 0.149 e. The van der Waals surface area contributed by atoms with Crippen molar-refractivity contribution >= 4 is 28.1 Å². The molecule has 112 valence electrons. The highest BCUT2D eigenvalue weighted by Crippen LogP contribution is 2.30. The first-order valence-corrected chi connectivity index (χ1v) is 7.86. The van der Waals surface area contributed by atoms with E-state index in [9.17, 15) is 4.39 Å². The quantitative estimate of drug-likeness (QED) is 0.727. The molecule has 0 N–H and O–H groups in total. The van der Waals surface area contributed by atoms with Crippen molar-refractivity contribution in [3.05, 3.63) is 46.9 Å². The van der Waals surface area contributed by atoms with Crippen LogP contribution in [-0.2, 0) is 4.74 Å². The van der Waals surface area contributed by atoms with Gasteiger partial charge in [0.25, 0.3) is 0 Å². The Kier molecular flexibility index (Phi) is 3.44. The van der Waals surface area contributed by atoms with E-state index in [1.165, 1.54) is 12.4 Å². The molecule has 0 aliphatic carbocycles. The molecule has 1 aromatic carbocycles. The molecule has 7 heteroatoms. The molecule has 3 aromatic rings. The molecule has 0 spiro atoms. The fourth-order valence-corrected chi connectivity index (χ4v) is 3.35. The predicted molar refractivity (Wildman–Crippen MR) is 82.5 cm³/mol. The molecule has 0 radical (unpaired) electrons. The Morgan fingerprint density at radius 1 is 1.27 bits per heavy atom. The molecule has 1 aliphatic heterocycles. The molecule has 4 rings (SSSR count). The van der Waals surface area contributed by atoms with Crippen LogP contribution in [0.3, 0.4) is 0 Å². The van der Waals surface area contributed by atoms with Crippen molar-refractivity contribution < 1.29 is 9.13 Å². The van der Waals surface area contributed by atoms with Crippen LogP contribution in [0, 0.1) is 5.82 Å². The highest BCUT2D eigenvalue weighted by molar-refractivity contribution is 7.09. The normalized spacial score (nSPS) is 18.8. The average molecular weight is 316 g/mol. The van der Waals surface area contributed by atoms with Gasteiger partial charge >= 0.3 is 0 Å². The van der Waals surface area contributed by atoms with E-state index < -0.39 is 0 Å². The molecule has 1 aliphatic rings. The Bertz CT molecular complexity index is 795. The lowest BCUT2D eigenvalue weighted by Crippen LogP contribution is -2.39. The molecule has 3 heterocycles. The number of hydrogen-bond acceptors (Lipinski definition) is 6. The van der Waals surface area contributed by atoms with Crippen molar-refractivity contribution in [1.82, 2.24) is 15.0 Å². The van der Waals surface area contributed by atoms with Crippen LogP contribution in [0.5, 0.6) is 0 Å². The smallest absolute Gasteiger partial charge is 0.149 e. The molecule has 22 heavy (non-hydrogen) atoms. The Morgan fingerprint density at radius 3 is 3.09 bits per heavy atom. The number of hydrogen-bond donors (Lipinski definition) is 0. The van der Waals surface area contributed by atoms with Gasteiger partial charge in [0, 0.05) is 23.5 Å². The van der Waals surface area contributed by atoms with Crippen LogP contribution in [-0.4, -0.2) is 34.6 Å². The van der Waals surface area contributed by atoms with Crippen LogP contribution in [0.4, 0.5) is 10.2 Å². The zero-order valence-corrected chi connectivity index (χ0v) is 12.5. The van der Waals surface area contributed by atoms with Gasteiger partial charge in [-0.3, -0.25) is 0 Å². The molecule has 5 nitrogen and oxygen atoms in total. The molecule has 2 aromatic heterocycles. The maximum absolute atomic E-state index is 13.9. The third kappa shape index (κ3) is 2.32. The van der Waals surface area contributed by atoms with E-state index in [1.54, 1.807) is 23.6 Å². The first kappa shape index (κ1) is 13.5. The van der Waals surface area contributed by atoms with E-state index >= 15 is 0 Å². The molecule has 0 bridgehead atoms. The molecule has 0 saturated carbocycles. The second kappa shape index (κ2) is 5.58. The zero-order valence-electron chi connectivity index (χ0n) is 11.6. The molecule has 0 amide bonds. The number of morpholine rings is 1. The van der Waals surface area contributed by atoms with E-state index in [1.807, 2.05) is 11.4 Å². The zero-order chi connectivity index (χ0) is 14.9. The van der Waals surface area contributed by atoms with Gasteiger partial charge in [-0.25, -0.2) is 19.3 Å². The average Bonchev–Trinajstić information content (AvgIpc) is 3.09. The summed E-state index contributed by atoms with van der Waals surface area (Å²) in [5, 5.41) is 3.61. The van der Waals surface area contributed by atoms with E-state index in [4.69, 9.17) is 4.74 Å². The van der Waals surface area contributed by atoms with Gasteiger partial charge < -0.3 is 9.64 Å². The van der Waals surface area contributed by atoms with Crippen LogP contribution < -0.4 is 4.90 Å². The summed E-state index contributed by atoms with van der Waals surface area (Å²) >= 11 is 1.58. The minimum Gasteiger partial charge on any atom is -0.367 e. The number of halogens is 1. The Morgan fingerprint density at radius 2 is 2.23 bits per heavy atom. The molecule has 1 unspecified atom stereocenters. The minimum absolute atomic E-state index is 0.0766. The van der Waals surface area contributed by atoms with E-state index in [2.05, 4.69) is 19.9 Å². The van der Waals surface area contributed by atoms with E-state index in [-0.39, 0.29) is 11.9 Å². The van der Waals surface area contributed by atoms with Gasteiger partial charge in [0.15, 0.2) is 0 Å². The molecular weight excluding hydrogens is 303 g/mol. The van der Waals surface area contributed by atoms with Crippen molar-refractivity contribution in [1.29, 1.82) is 0 Å². The summed E-state index contributed by atoms with van der Waals surface area (Å²) in [4.78, 5) is 14.8. The number of thiazole rings is 1. The van der Waals surface area contributed by atoms with E-state index in [0.717, 1.165) is 16.2 Å². The first-order valence-electron chi connectivity index (χ1n) is 6.98. The monoisotopic (exact) mass is 316 g/mol. The van der Waals surface area contributed by atoms with Crippen LogP contribution >= 0.6 is 11.3 Å². The molecular formula is C15H13FN4OS. The lowest BCUT2D eigenvalue weighted by atomic mass is 10.2. The van der Waals surface area contributed by atoms with Gasteiger partial charge in [-0.15, -0.1) is 11.3 Å². The number of fused-ring (bicyclic) bond motifs is 1. The van der Waals surface area contributed by atoms with Gasteiger partial charge in [-0.1, -0.05) is 6.07 Å². The number of nitrogens with zero attached hydrogens (tertiary/aromatic N) is 4.